The Morgan fingerprint density at radius 1 is 1.53 bits per heavy atom. The highest BCUT2D eigenvalue weighted by Crippen LogP contribution is 2.29. The molecule has 1 aromatic heterocycles. The third kappa shape index (κ3) is 4.10. The summed E-state index contributed by atoms with van der Waals surface area (Å²) >= 11 is 0. The molecule has 4 nitrogen and oxygen atoms in total. The summed E-state index contributed by atoms with van der Waals surface area (Å²) in [7, 11) is 0. The molecule has 0 spiro atoms. The Balaban J connectivity index is 1.95. The molecule has 2 heterocycles. The zero-order valence-electron chi connectivity index (χ0n) is 12.0. The Morgan fingerprint density at radius 2 is 2.32 bits per heavy atom. The van der Waals surface area contributed by atoms with Crippen molar-refractivity contribution < 1.29 is 13.9 Å². The molecular weight excluding hydrogens is 242 g/mol. The second kappa shape index (κ2) is 5.78. The second-order valence-corrected chi connectivity index (χ2v) is 5.95. The first-order chi connectivity index (χ1) is 8.96. The van der Waals surface area contributed by atoms with Gasteiger partial charge in [0.2, 0.25) is 5.91 Å². The topological polar surface area (TPSA) is 42.7 Å². The SMILES string of the molecule is CC(=O)N(Cc1ccco1)C[C@H]1CCOC(C)(C)C1. The van der Waals surface area contributed by atoms with Crippen molar-refractivity contribution in [2.75, 3.05) is 13.2 Å². The van der Waals surface area contributed by atoms with Crippen LogP contribution in [0.15, 0.2) is 22.8 Å². The van der Waals surface area contributed by atoms with Gasteiger partial charge in [0, 0.05) is 20.1 Å². The van der Waals surface area contributed by atoms with Crippen LogP contribution in [0, 0.1) is 5.92 Å². The van der Waals surface area contributed by atoms with Crippen LogP contribution in [0.5, 0.6) is 0 Å². The Kier molecular flexibility index (Phi) is 4.30. The van der Waals surface area contributed by atoms with E-state index in [1.165, 1.54) is 0 Å². The molecule has 0 N–H and O–H groups in total. The molecule has 1 saturated heterocycles. The van der Waals surface area contributed by atoms with E-state index in [9.17, 15) is 4.79 Å². The number of rotatable bonds is 4. The van der Waals surface area contributed by atoms with Gasteiger partial charge in [-0.05, 0) is 44.7 Å². The van der Waals surface area contributed by atoms with Gasteiger partial charge in [0.1, 0.15) is 5.76 Å². The van der Waals surface area contributed by atoms with E-state index in [1.807, 2.05) is 17.0 Å². The molecule has 1 fully saturated rings. The third-order valence-corrected chi connectivity index (χ3v) is 3.65. The average molecular weight is 265 g/mol. The third-order valence-electron chi connectivity index (χ3n) is 3.65. The summed E-state index contributed by atoms with van der Waals surface area (Å²) in [5.41, 5.74) is -0.0734. The van der Waals surface area contributed by atoms with Crippen molar-refractivity contribution >= 4 is 5.91 Å². The van der Waals surface area contributed by atoms with Gasteiger partial charge in [-0.25, -0.2) is 0 Å². The van der Waals surface area contributed by atoms with Crippen LogP contribution >= 0.6 is 0 Å². The molecule has 106 valence electrons. The van der Waals surface area contributed by atoms with Crippen molar-refractivity contribution in [2.24, 2.45) is 5.92 Å². The molecule has 0 unspecified atom stereocenters. The molecule has 0 aromatic carbocycles. The predicted octanol–water partition coefficient (Wildman–Crippen LogP) is 2.83. The number of amides is 1. The van der Waals surface area contributed by atoms with Gasteiger partial charge in [-0.2, -0.15) is 0 Å². The van der Waals surface area contributed by atoms with Crippen LogP contribution in [0.4, 0.5) is 0 Å². The number of hydrogen-bond acceptors (Lipinski definition) is 3. The zero-order chi connectivity index (χ0) is 13.9. The molecule has 0 aliphatic carbocycles. The summed E-state index contributed by atoms with van der Waals surface area (Å²) in [5.74, 6) is 1.44. The minimum Gasteiger partial charge on any atom is -0.467 e. The number of ether oxygens (including phenoxy) is 1. The molecule has 0 bridgehead atoms. The molecule has 1 aromatic rings. The lowest BCUT2D eigenvalue weighted by Crippen LogP contribution is -2.40. The van der Waals surface area contributed by atoms with Crippen molar-refractivity contribution in [3.63, 3.8) is 0 Å². The minimum atomic E-state index is -0.0734. The Labute approximate surface area is 114 Å². The van der Waals surface area contributed by atoms with Crippen LogP contribution in [0.3, 0.4) is 0 Å². The van der Waals surface area contributed by atoms with Crippen molar-refractivity contribution in [1.29, 1.82) is 0 Å². The number of carbonyl (C=O) groups is 1. The first-order valence-electron chi connectivity index (χ1n) is 6.88. The molecule has 0 saturated carbocycles. The van der Waals surface area contributed by atoms with Gasteiger partial charge in [-0.3, -0.25) is 4.79 Å². The number of nitrogens with zero attached hydrogens (tertiary/aromatic N) is 1. The van der Waals surface area contributed by atoms with Gasteiger partial charge >= 0.3 is 0 Å². The second-order valence-electron chi connectivity index (χ2n) is 5.95. The molecule has 0 radical (unpaired) electrons. The van der Waals surface area contributed by atoms with E-state index in [4.69, 9.17) is 9.15 Å². The fourth-order valence-corrected chi connectivity index (χ4v) is 2.72. The van der Waals surface area contributed by atoms with Crippen molar-refractivity contribution in [1.82, 2.24) is 4.90 Å². The van der Waals surface area contributed by atoms with Crippen LogP contribution in [-0.4, -0.2) is 29.6 Å². The smallest absolute Gasteiger partial charge is 0.219 e. The highest BCUT2D eigenvalue weighted by atomic mass is 16.5. The molecule has 1 aliphatic rings. The van der Waals surface area contributed by atoms with E-state index >= 15 is 0 Å². The van der Waals surface area contributed by atoms with E-state index in [1.54, 1.807) is 13.2 Å². The van der Waals surface area contributed by atoms with Gasteiger partial charge in [-0.1, -0.05) is 0 Å². The summed E-state index contributed by atoms with van der Waals surface area (Å²) < 4.78 is 11.0. The van der Waals surface area contributed by atoms with Gasteiger partial charge < -0.3 is 14.1 Å². The quantitative estimate of drug-likeness (QED) is 0.840. The van der Waals surface area contributed by atoms with Crippen LogP contribution in [-0.2, 0) is 16.1 Å². The number of hydrogen-bond donors (Lipinski definition) is 0. The molecular formula is C15H23NO3. The van der Waals surface area contributed by atoms with E-state index in [2.05, 4.69) is 13.8 Å². The standard InChI is InChI=1S/C15H23NO3/c1-12(17)16(11-14-5-4-7-18-14)10-13-6-8-19-15(2,3)9-13/h4-5,7,13H,6,8-11H2,1-3H3/t13-/m0/s1. The van der Waals surface area contributed by atoms with Crippen LogP contribution in [0.25, 0.3) is 0 Å². The normalized spacial score (nSPS) is 22.2. The van der Waals surface area contributed by atoms with Crippen molar-refractivity contribution in [3.05, 3.63) is 24.2 Å². The maximum absolute atomic E-state index is 11.8. The molecule has 1 aliphatic heterocycles. The first-order valence-corrected chi connectivity index (χ1v) is 6.88. The summed E-state index contributed by atoms with van der Waals surface area (Å²) in [4.78, 5) is 13.6. The number of furan rings is 1. The highest BCUT2D eigenvalue weighted by molar-refractivity contribution is 5.73. The van der Waals surface area contributed by atoms with Gasteiger partial charge in [0.05, 0.1) is 18.4 Å². The van der Waals surface area contributed by atoms with Crippen LogP contribution < -0.4 is 0 Å². The van der Waals surface area contributed by atoms with Gasteiger partial charge in [0.25, 0.3) is 0 Å². The Bertz CT molecular complexity index is 411. The lowest BCUT2D eigenvalue weighted by molar-refractivity contribution is -0.132. The van der Waals surface area contributed by atoms with Gasteiger partial charge in [-0.15, -0.1) is 0 Å². The molecule has 1 atom stereocenters. The maximum Gasteiger partial charge on any atom is 0.219 e. The molecule has 4 heteroatoms. The summed E-state index contributed by atoms with van der Waals surface area (Å²) in [5, 5.41) is 0. The fraction of sp³-hybridized carbons (Fsp3) is 0.667. The lowest BCUT2D eigenvalue weighted by Gasteiger charge is -2.37. The first kappa shape index (κ1) is 14.1. The Hall–Kier alpha value is -1.29. The summed E-state index contributed by atoms with van der Waals surface area (Å²) in [6.45, 7) is 7.97. The average Bonchev–Trinajstić information content (AvgIpc) is 2.79. The van der Waals surface area contributed by atoms with E-state index in [0.29, 0.717) is 12.5 Å². The largest absolute Gasteiger partial charge is 0.467 e. The summed E-state index contributed by atoms with van der Waals surface area (Å²) in [6.07, 6.45) is 3.66. The lowest BCUT2D eigenvalue weighted by atomic mass is 9.88. The minimum absolute atomic E-state index is 0.0734. The monoisotopic (exact) mass is 265 g/mol. The van der Waals surface area contributed by atoms with Crippen molar-refractivity contribution in [2.45, 2.75) is 45.8 Å². The maximum atomic E-state index is 11.8. The summed E-state index contributed by atoms with van der Waals surface area (Å²) in [6, 6.07) is 3.76. The van der Waals surface area contributed by atoms with E-state index in [-0.39, 0.29) is 11.5 Å². The predicted molar refractivity (Wildman–Crippen MR) is 72.6 cm³/mol. The van der Waals surface area contributed by atoms with E-state index in [0.717, 1.165) is 31.8 Å². The molecule has 1 amide bonds. The Morgan fingerprint density at radius 3 is 2.89 bits per heavy atom. The number of carbonyl (C=O) groups excluding carboxylic acids is 1. The molecule has 2 rings (SSSR count). The molecule has 19 heavy (non-hydrogen) atoms. The van der Waals surface area contributed by atoms with Crippen molar-refractivity contribution in [3.8, 4) is 0 Å². The zero-order valence-corrected chi connectivity index (χ0v) is 12.0. The fourth-order valence-electron chi connectivity index (χ4n) is 2.72. The highest BCUT2D eigenvalue weighted by Gasteiger charge is 2.30. The van der Waals surface area contributed by atoms with Gasteiger partial charge in [0.15, 0.2) is 0 Å². The van der Waals surface area contributed by atoms with Crippen LogP contribution in [0.1, 0.15) is 39.4 Å². The van der Waals surface area contributed by atoms with E-state index < -0.39 is 0 Å². The van der Waals surface area contributed by atoms with Crippen LogP contribution in [0.2, 0.25) is 0 Å².